The molecular formula is C65H115N11O12. The van der Waals surface area contributed by atoms with Crippen LogP contribution >= 0.6 is 0 Å². The van der Waals surface area contributed by atoms with Gasteiger partial charge in [-0.05, 0) is 81.5 Å². The third kappa shape index (κ3) is 20.8. The largest absolute Gasteiger partial charge is 0.343 e. The maximum atomic E-state index is 15.3. The molecule has 23 nitrogen and oxygen atoms in total. The van der Waals surface area contributed by atoms with Gasteiger partial charge in [0.25, 0.3) is 5.91 Å². The summed E-state index contributed by atoms with van der Waals surface area (Å²) in [4.78, 5) is 185. The summed E-state index contributed by atoms with van der Waals surface area (Å²) in [5.41, 5.74) is 0. The highest BCUT2D eigenvalue weighted by Gasteiger charge is 2.46. The van der Waals surface area contributed by atoms with E-state index >= 15 is 14.4 Å². The van der Waals surface area contributed by atoms with Gasteiger partial charge in [-0.25, -0.2) is 0 Å². The molecule has 88 heavy (non-hydrogen) atoms. The van der Waals surface area contributed by atoms with Crippen molar-refractivity contribution in [3.63, 3.8) is 0 Å². The lowest BCUT2D eigenvalue weighted by molar-refractivity contribution is -0.157. The average molecular weight is 1240 g/mol. The highest BCUT2D eigenvalue weighted by atomic mass is 16.2. The van der Waals surface area contributed by atoms with E-state index in [1.165, 1.54) is 87.7 Å². The molecular weight excluding hydrogens is 1130 g/mol. The zero-order chi connectivity index (χ0) is 68.3. The summed E-state index contributed by atoms with van der Waals surface area (Å²) < 4.78 is 0. The molecule has 4 N–H and O–H groups in total. The molecule has 0 aromatic carbocycles. The van der Waals surface area contributed by atoms with Crippen LogP contribution in [0.15, 0.2) is 12.2 Å². The standard InChI is InChI=1S/C65H115N11O12/c1-26-31-32-43(16)55(78)54-59(82)68-49(36(6)7)63(86)70(19)35-48(77)73(22)52(41(14)29-4)58(81)69-50(37(8)9)64(87)75(24)53(42(15)30-5)57(80)66-44(17)56(79)67-45(18)60(83)71(20)46(33-39(12)27-2)61(84)72(21)47(34-40(13)28-3)62(85)74(23)51(38(10)11)65(88)76(54)25/h26,31,36-47,49-54H,27-30,32-35H2,1-25H3,(H,66,80)(H,67,79)(H,68,82)(H,69,81)/b31-26+. The Labute approximate surface area is 527 Å². The van der Waals surface area contributed by atoms with Crippen molar-refractivity contribution in [1.82, 2.24) is 55.6 Å². The van der Waals surface area contributed by atoms with Crippen molar-refractivity contribution in [3.8, 4) is 0 Å². The van der Waals surface area contributed by atoms with Crippen LogP contribution in [0.1, 0.15) is 170 Å². The third-order valence-electron chi connectivity index (χ3n) is 18.1. The Hall–Kier alpha value is -6.42. The molecule has 11 amide bonds. The minimum atomic E-state index is -1.82. The fraction of sp³-hybridized carbons (Fsp3) is 0.785. The van der Waals surface area contributed by atoms with Crippen molar-refractivity contribution in [2.45, 2.75) is 230 Å². The van der Waals surface area contributed by atoms with E-state index in [1.807, 2.05) is 41.5 Å². The molecule has 1 heterocycles. The quantitative estimate of drug-likeness (QED) is 0.116. The first-order chi connectivity index (χ1) is 40.8. The molecule has 0 bridgehead atoms. The summed E-state index contributed by atoms with van der Waals surface area (Å²) in [6.45, 7) is 30.9. The molecule has 0 aliphatic carbocycles. The second-order valence-electron chi connectivity index (χ2n) is 26.3. The number of carbonyl (C=O) groups is 12. The number of amides is 11. The molecule has 0 spiro atoms. The molecule has 0 saturated carbocycles. The van der Waals surface area contributed by atoms with E-state index in [1.54, 1.807) is 81.4 Å². The lowest BCUT2D eigenvalue weighted by Crippen LogP contribution is -2.63. The minimum Gasteiger partial charge on any atom is -0.343 e. The van der Waals surface area contributed by atoms with Crippen LogP contribution in [0.5, 0.6) is 0 Å². The number of Topliss-reactive ketones (excluding diaryl/α,β-unsaturated/α-hetero) is 1. The van der Waals surface area contributed by atoms with Gasteiger partial charge in [-0.2, -0.15) is 0 Å². The number of carbonyl (C=O) groups excluding carboxylic acids is 12. The summed E-state index contributed by atoms with van der Waals surface area (Å²) in [6.07, 6.45) is 6.13. The van der Waals surface area contributed by atoms with Crippen LogP contribution in [-0.2, 0) is 57.5 Å². The fourth-order valence-corrected chi connectivity index (χ4v) is 11.1. The average Bonchev–Trinajstić information content (AvgIpc) is 3.67. The molecule has 0 aromatic heterocycles. The van der Waals surface area contributed by atoms with E-state index in [0.29, 0.717) is 25.7 Å². The second-order valence-corrected chi connectivity index (χ2v) is 26.3. The molecule has 15 atom stereocenters. The Kier molecular flexibility index (Phi) is 32.8. The van der Waals surface area contributed by atoms with Gasteiger partial charge in [-0.3, -0.25) is 57.5 Å². The predicted molar refractivity (Wildman–Crippen MR) is 341 cm³/mol. The van der Waals surface area contributed by atoms with Crippen molar-refractivity contribution >= 4 is 70.8 Å². The zero-order valence-corrected chi connectivity index (χ0v) is 58.2. The van der Waals surface area contributed by atoms with Gasteiger partial charge in [-0.1, -0.05) is 142 Å². The van der Waals surface area contributed by atoms with Crippen LogP contribution in [-0.4, -0.2) is 221 Å². The lowest BCUT2D eigenvalue weighted by atomic mass is 9.92. The van der Waals surface area contributed by atoms with E-state index in [9.17, 15) is 43.2 Å². The second kappa shape index (κ2) is 36.3. The smallest absolute Gasteiger partial charge is 0.251 e. The van der Waals surface area contributed by atoms with Crippen LogP contribution in [0.25, 0.3) is 0 Å². The van der Waals surface area contributed by atoms with Gasteiger partial charge in [0.2, 0.25) is 59.1 Å². The first-order valence-corrected chi connectivity index (χ1v) is 32.0. The number of rotatable bonds is 17. The minimum absolute atomic E-state index is 0.101. The Bertz CT molecular complexity index is 2450. The van der Waals surface area contributed by atoms with Crippen LogP contribution in [0.3, 0.4) is 0 Å². The highest BCUT2D eigenvalue weighted by Crippen LogP contribution is 2.26. The van der Waals surface area contributed by atoms with E-state index in [0.717, 1.165) is 9.80 Å². The van der Waals surface area contributed by atoms with Crippen molar-refractivity contribution < 1.29 is 57.5 Å². The van der Waals surface area contributed by atoms with Gasteiger partial charge in [-0.15, -0.1) is 0 Å². The summed E-state index contributed by atoms with van der Waals surface area (Å²) in [5, 5.41) is 11.0. The molecule has 0 radical (unpaired) electrons. The summed E-state index contributed by atoms with van der Waals surface area (Å²) >= 11 is 0. The van der Waals surface area contributed by atoms with E-state index in [4.69, 9.17) is 0 Å². The summed E-state index contributed by atoms with van der Waals surface area (Å²) in [6, 6.07) is -12.8. The van der Waals surface area contributed by atoms with Gasteiger partial charge in [0.15, 0.2) is 11.8 Å². The van der Waals surface area contributed by atoms with Crippen LogP contribution in [0, 0.1) is 47.3 Å². The lowest BCUT2D eigenvalue weighted by Gasteiger charge is -2.41. The number of allylic oxidation sites excluding steroid dienone is 2. The number of ketones is 1. The van der Waals surface area contributed by atoms with Crippen molar-refractivity contribution in [1.29, 1.82) is 0 Å². The Morgan fingerprint density at radius 3 is 1.31 bits per heavy atom. The maximum absolute atomic E-state index is 15.3. The van der Waals surface area contributed by atoms with Crippen molar-refractivity contribution in [3.05, 3.63) is 12.2 Å². The van der Waals surface area contributed by atoms with Gasteiger partial charge >= 0.3 is 0 Å². The normalized spacial score (nSPS) is 27.3. The fourth-order valence-electron chi connectivity index (χ4n) is 11.1. The topological polar surface area (TPSA) is 276 Å². The summed E-state index contributed by atoms with van der Waals surface area (Å²) in [7, 11) is 9.89. The van der Waals surface area contributed by atoms with Gasteiger partial charge < -0.3 is 55.6 Å². The Balaban J connectivity index is 4.44. The molecule has 1 aliphatic heterocycles. The van der Waals surface area contributed by atoms with Crippen molar-refractivity contribution in [2.75, 3.05) is 55.9 Å². The Morgan fingerprint density at radius 2 is 0.864 bits per heavy atom. The number of nitrogens with one attached hydrogen (secondary N) is 4. The first kappa shape index (κ1) is 79.6. The van der Waals surface area contributed by atoms with Crippen molar-refractivity contribution in [2.24, 2.45) is 47.3 Å². The van der Waals surface area contributed by atoms with E-state index in [2.05, 4.69) is 21.3 Å². The number of hydrogen-bond donors (Lipinski definition) is 4. The molecule has 15 unspecified atom stereocenters. The number of likely N-dealkylation sites (N-methyl/N-ethyl adjacent to an activating group) is 7. The molecule has 1 fully saturated rings. The SMILES string of the molecule is C/C=C/CC(C)C(=O)C1C(=O)NC(C(C)C)C(=O)N(C)CC(=O)N(C)C(C(C)CC)C(=O)NC(C(C)C)C(=O)N(C)C(C(C)CC)C(=O)NC(C)C(=O)NC(C)C(=O)N(C)C(CC(C)CC)C(=O)N(C)C(CC(C)CC)C(=O)N(C)C(C(C)C)C(=O)N1C. The molecule has 23 heteroatoms. The zero-order valence-electron chi connectivity index (χ0n) is 58.2. The number of nitrogens with zero attached hydrogens (tertiary/aromatic N) is 7. The Morgan fingerprint density at radius 1 is 0.455 bits per heavy atom. The van der Waals surface area contributed by atoms with Gasteiger partial charge in [0.1, 0.15) is 54.4 Å². The van der Waals surface area contributed by atoms with E-state index in [-0.39, 0.29) is 31.1 Å². The molecule has 1 aliphatic rings. The van der Waals surface area contributed by atoms with Crippen LogP contribution in [0.2, 0.25) is 0 Å². The summed E-state index contributed by atoms with van der Waals surface area (Å²) in [5.74, 6) is -12.1. The van der Waals surface area contributed by atoms with Crippen LogP contribution < -0.4 is 21.3 Å². The van der Waals surface area contributed by atoms with E-state index < -0.39 is 173 Å². The van der Waals surface area contributed by atoms with Crippen LogP contribution in [0.4, 0.5) is 0 Å². The molecule has 1 rings (SSSR count). The maximum Gasteiger partial charge on any atom is 0.251 e. The molecule has 502 valence electrons. The van der Waals surface area contributed by atoms with Gasteiger partial charge in [0.05, 0.1) is 6.54 Å². The monoisotopic (exact) mass is 1240 g/mol. The highest BCUT2D eigenvalue weighted by molar-refractivity contribution is 6.10. The first-order valence-electron chi connectivity index (χ1n) is 32.0. The molecule has 0 aromatic rings. The third-order valence-corrected chi connectivity index (χ3v) is 18.1. The predicted octanol–water partition coefficient (Wildman–Crippen LogP) is 4.50. The molecule has 1 saturated heterocycles. The van der Waals surface area contributed by atoms with Gasteiger partial charge in [0, 0.05) is 55.3 Å². The number of hydrogen-bond acceptors (Lipinski definition) is 12.